The van der Waals surface area contributed by atoms with Crippen LogP contribution in [-0.4, -0.2) is 39.9 Å². The zero-order valence-corrected chi connectivity index (χ0v) is 9.83. The van der Waals surface area contributed by atoms with Gasteiger partial charge < -0.3 is 15.2 Å². The van der Waals surface area contributed by atoms with E-state index in [0.717, 1.165) is 6.54 Å². The second-order valence-corrected chi connectivity index (χ2v) is 4.30. The topological polar surface area (TPSA) is 93.4 Å². The third kappa shape index (κ3) is 4.08. The lowest BCUT2D eigenvalue weighted by atomic mass is 10.4. The van der Waals surface area contributed by atoms with Crippen LogP contribution in [0.2, 0.25) is 0 Å². The largest absolute Gasteiger partial charge is 0.479 e. The van der Waals surface area contributed by atoms with Crippen molar-refractivity contribution in [2.75, 3.05) is 13.2 Å². The quantitative estimate of drug-likeness (QED) is 0.706. The first-order valence-electron chi connectivity index (χ1n) is 5.77. The van der Waals surface area contributed by atoms with Crippen LogP contribution in [0, 0.1) is 5.92 Å². The molecule has 0 bridgehead atoms. The SMILES string of the molecule is O=C(O)COc1cnn(CC(=O)NCC2CC2)c1. The molecule has 0 saturated heterocycles. The van der Waals surface area contributed by atoms with Crippen LogP contribution >= 0.6 is 0 Å². The van der Waals surface area contributed by atoms with E-state index in [0.29, 0.717) is 11.7 Å². The van der Waals surface area contributed by atoms with Gasteiger partial charge in [0, 0.05) is 6.54 Å². The number of amides is 1. The minimum atomic E-state index is -1.05. The van der Waals surface area contributed by atoms with Crippen LogP contribution in [0.3, 0.4) is 0 Å². The molecule has 1 fully saturated rings. The third-order valence-corrected chi connectivity index (χ3v) is 2.56. The average Bonchev–Trinajstić information content (AvgIpc) is 3.05. The number of carbonyl (C=O) groups excluding carboxylic acids is 1. The molecule has 1 saturated carbocycles. The summed E-state index contributed by atoms with van der Waals surface area (Å²) in [4.78, 5) is 21.8. The highest BCUT2D eigenvalue weighted by molar-refractivity contribution is 5.75. The van der Waals surface area contributed by atoms with Crippen molar-refractivity contribution >= 4 is 11.9 Å². The smallest absolute Gasteiger partial charge is 0.341 e. The maximum Gasteiger partial charge on any atom is 0.341 e. The van der Waals surface area contributed by atoms with Crippen molar-refractivity contribution in [3.63, 3.8) is 0 Å². The highest BCUT2D eigenvalue weighted by atomic mass is 16.5. The number of nitrogens with one attached hydrogen (secondary N) is 1. The summed E-state index contributed by atoms with van der Waals surface area (Å²) in [5, 5.41) is 15.2. The summed E-state index contributed by atoms with van der Waals surface area (Å²) in [5.74, 6) is -0.173. The fourth-order valence-electron chi connectivity index (χ4n) is 1.43. The molecule has 98 valence electrons. The molecule has 0 aliphatic heterocycles. The molecule has 0 atom stereocenters. The summed E-state index contributed by atoms with van der Waals surface area (Å²) >= 11 is 0. The van der Waals surface area contributed by atoms with Gasteiger partial charge in [-0.25, -0.2) is 4.79 Å². The lowest BCUT2D eigenvalue weighted by Crippen LogP contribution is -2.29. The molecule has 0 aromatic carbocycles. The molecule has 1 aromatic rings. The van der Waals surface area contributed by atoms with Gasteiger partial charge in [0.2, 0.25) is 5.91 Å². The first-order chi connectivity index (χ1) is 8.63. The second kappa shape index (κ2) is 5.52. The molecular formula is C11H15N3O4. The van der Waals surface area contributed by atoms with Crippen molar-refractivity contribution < 1.29 is 19.4 Å². The lowest BCUT2D eigenvalue weighted by Gasteiger charge is -2.03. The van der Waals surface area contributed by atoms with Crippen LogP contribution in [-0.2, 0) is 16.1 Å². The minimum absolute atomic E-state index is 0.102. The van der Waals surface area contributed by atoms with Crippen LogP contribution in [0.4, 0.5) is 0 Å². The van der Waals surface area contributed by atoms with Crippen molar-refractivity contribution in [2.45, 2.75) is 19.4 Å². The van der Waals surface area contributed by atoms with Gasteiger partial charge in [-0.15, -0.1) is 0 Å². The number of hydrogen-bond donors (Lipinski definition) is 2. The first-order valence-corrected chi connectivity index (χ1v) is 5.77. The van der Waals surface area contributed by atoms with Crippen molar-refractivity contribution in [3.05, 3.63) is 12.4 Å². The standard InChI is InChI=1S/C11H15N3O4/c15-10(12-3-8-1-2-8)6-14-5-9(4-13-14)18-7-11(16)17/h4-5,8H,1-3,6-7H2,(H,12,15)(H,16,17). The van der Waals surface area contributed by atoms with E-state index in [9.17, 15) is 9.59 Å². The number of rotatable bonds is 7. The normalized spacial score (nSPS) is 14.2. The van der Waals surface area contributed by atoms with Crippen molar-refractivity contribution in [1.82, 2.24) is 15.1 Å². The van der Waals surface area contributed by atoms with E-state index < -0.39 is 12.6 Å². The van der Waals surface area contributed by atoms with E-state index in [1.54, 1.807) is 0 Å². The highest BCUT2D eigenvalue weighted by Gasteiger charge is 2.21. The van der Waals surface area contributed by atoms with Crippen molar-refractivity contribution in [2.24, 2.45) is 5.92 Å². The van der Waals surface area contributed by atoms with Crippen LogP contribution in [0.5, 0.6) is 5.75 Å². The first kappa shape index (κ1) is 12.4. The molecule has 7 nitrogen and oxygen atoms in total. The predicted molar refractivity (Wildman–Crippen MR) is 61.1 cm³/mol. The van der Waals surface area contributed by atoms with Gasteiger partial charge in [-0.3, -0.25) is 9.48 Å². The number of aromatic nitrogens is 2. The molecule has 2 rings (SSSR count). The fraction of sp³-hybridized carbons (Fsp3) is 0.545. The number of carboxylic acids is 1. The number of hydrogen-bond acceptors (Lipinski definition) is 4. The summed E-state index contributed by atoms with van der Waals surface area (Å²) in [6, 6.07) is 0. The average molecular weight is 253 g/mol. The fourth-order valence-corrected chi connectivity index (χ4v) is 1.43. The Kier molecular flexibility index (Phi) is 3.81. The summed E-state index contributed by atoms with van der Waals surface area (Å²) in [7, 11) is 0. The maximum atomic E-state index is 11.5. The van der Waals surface area contributed by atoms with E-state index in [2.05, 4.69) is 10.4 Å². The molecule has 1 aliphatic rings. The zero-order valence-electron chi connectivity index (χ0n) is 9.83. The lowest BCUT2D eigenvalue weighted by molar-refractivity contribution is -0.139. The molecule has 2 N–H and O–H groups in total. The van der Waals surface area contributed by atoms with Gasteiger partial charge in [0.25, 0.3) is 0 Å². The van der Waals surface area contributed by atoms with Crippen LogP contribution in [0.1, 0.15) is 12.8 Å². The Balaban J connectivity index is 1.74. The molecule has 0 unspecified atom stereocenters. The third-order valence-electron chi connectivity index (χ3n) is 2.56. The molecule has 7 heteroatoms. The summed E-state index contributed by atoms with van der Waals surface area (Å²) < 4.78 is 6.34. The predicted octanol–water partition coefficient (Wildman–Crippen LogP) is -0.127. The second-order valence-electron chi connectivity index (χ2n) is 4.30. The monoisotopic (exact) mass is 253 g/mol. The number of carbonyl (C=O) groups is 2. The molecule has 18 heavy (non-hydrogen) atoms. The van der Waals surface area contributed by atoms with Gasteiger partial charge in [0.1, 0.15) is 6.54 Å². The van der Waals surface area contributed by atoms with Gasteiger partial charge in [0.05, 0.1) is 12.4 Å². The molecular weight excluding hydrogens is 238 g/mol. The number of ether oxygens (including phenoxy) is 1. The molecule has 0 spiro atoms. The van der Waals surface area contributed by atoms with Gasteiger partial charge >= 0.3 is 5.97 Å². The summed E-state index contributed by atoms with van der Waals surface area (Å²) in [6.45, 7) is 0.422. The zero-order chi connectivity index (χ0) is 13.0. The molecule has 1 aliphatic carbocycles. The van der Waals surface area contributed by atoms with E-state index in [1.165, 1.54) is 29.9 Å². The molecule has 0 radical (unpaired) electrons. The highest BCUT2D eigenvalue weighted by Crippen LogP contribution is 2.27. The summed E-state index contributed by atoms with van der Waals surface area (Å²) in [6.07, 6.45) is 5.27. The molecule has 1 heterocycles. The van der Waals surface area contributed by atoms with E-state index in [4.69, 9.17) is 9.84 Å². The number of carboxylic acid groups (broad SMARTS) is 1. The van der Waals surface area contributed by atoms with Crippen molar-refractivity contribution in [3.8, 4) is 5.75 Å². The van der Waals surface area contributed by atoms with Gasteiger partial charge in [0.15, 0.2) is 12.4 Å². The number of aliphatic carboxylic acids is 1. The van der Waals surface area contributed by atoms with Gasteiger partial charge in [-0.2, -0.15) is 5.10 Å². The molecule has 1 amide bonds. The van der Waals surface area contributed by atoms with Crippen molar-refractivity contribution in [1.29, 1.82) is 0 Å². The Bertz CT molecular complexity index is 439. The Morgan fingerprint density at radius 3 is 3.00 bits per heavy atom. The maximum absolute atomic E-state index is 11.5. The number of nitrogens with zero attached hydrogens (tertiary/aromatic N) is 2. The minimum Gasteiger partial charge on any atom is -0.479 e. The van der Waals surface area contributed by atoms with Gasteiger partial charge in [-0.05, 0) is 18.8 Å². The Morgan fingerprint density at radius 1 is 1.56 bits per heavy atom. The Morgan fingerprint density at radius 2 is 2.33 bits per heavy atom. The summed E-state index contributed by atoms with van der Waals surface area (Å²) in [5.41, 5.74) is 0. The van der Waals surface area contributed by atoms with Crippen LogP contribution < -0.4 is 10.1 Å². The van der Waals surface area contributed by atoms with E-state index in [-0.39, 0.29) is 12.5 Å². The molecule has 1 aromatic heterocycles. The Labute approximate surface area is 104 Å². The van der Waals surface area contributed by atoms with Gasteiger partial charge in [-0.1, -0.05) is 0 Å². The Hall–Kier alpha value is -2.05. The van der Waals surface area contributed by atoms with E-state index >= 15 is 0 Å². The van der Waals surface area contributed by atoms with Crippen LogP contribution in [0.15, 0.2) is 12.4 Å². The van der Waals surface area contributed by atoms with Crippen LogP contribution in [0.25, 0.3) is 0 Å². The van der Waals surface area contributed by atoms with E-state index in [1.807, 2.05) is 0 Å².